The van der Waals surface area contributed by atoms with Crippen LogP contribution >= 0.6 is 0 Å². The van der Waals surface area contributed by atoms with Crippen LogP contribution in [0.25, 0.3) is 0 Å². The van der Waals surface area contributed by atoms with E-state index in [9.17, 15) is 14.4 Å². The van der Waals surface area contributed by atoms with Gasteiger partial charge in [0.25, 0.3) is 0 Å². The quantitative estimate of drug-likeness (QED) is 0.773. The maximum Gasteiger partial charge on any atom is 0.410 e. The highest BCUT2D eigenvalue weighted by Crippen LogP contribution is 2.25. The van der Waals surface area contributed by atoms with Gasteiger partial charge in [0, 0.05) is 38.5 Å². The van der Waals surface area contributed by atoms with Gasteiger partial charge in [-0.1, -0.05) is 38.1 Å². The Balaban J connectivity index is 1.62. The number of rotatable bonds is 4. The second-order valence-corrected chi connectivity index (χ2v) is 10.4. The van der Waals surface area contributed by atoms with Gasteiger partial charge in [0.2, 0.25) is 11.8 Å². The number of hydrogen-bond acceptors (Lipinski definition) is 4. The second-order valence-electron chi connectivity index (χ2n) is 10.4. The third-order valence-corrected chi connectivity index (χ3v) is 5.95. The molecule has 0 bridgehead atoms. The molecule has 0 saturated carbocycles. The van der Waals surface area contributed by atoms with Crippen molar-refractivity contribution in [1.29, 1.82) is 0 Å². The number of nitrogens with one attached hydrogen (secondary N) is 1. The summed E-state index contributed by atoms with van der Waals surface area (Å²) in [5, 5.41) is 3.15. The van der Waals surface area contributed by atoms with Gasteiger partial charge in [-0.05, 0) is 50.7 Å². The smallest absolute Gasteiger partial charge is 0.410 e. The van der Waals surface area contributed by atoms with E-state index < -0.39 is 11.6 Å². The van der Waals surface area contributed by atoms with Crippen LogP contribution in [-0.2, 0) is 27.3 Å². The number of hydrogen-bond donors (Lipinski definition) is 1. The molecule has 0 radical (unpaired) electrons. The molecule has 1 N–H and O–H groups in total. The second kappa shape index (κ2) is 9.92. The van der Waals surface area contributed by atoms with Gasteiger partial charge in [-0.3, -0.25) is 9.59 Å². The maximum absolute atomic E-state index is 13.3. The van der Waals surface area contributed by atoms with Gasteiger partial charge < -0.3 is 19.9 Å². The molecule has 3 amide bonds. The van der Waals surface area contributed by atoms with Crippen LogP contribution in [0.4, 0.5) is 4.79 Å². The summed E-state index contributed by atoms with van der Waals surface area (Å²) in [4.78, 5) is 41.9. The topological polar surface area (TPSA) is 79.0 Å². The average molecular weight is 444 g/mol. The number of fused-ring (bicyclic) bond motifs is 1. The largest absolute Gasteiger partial charge is 0.444 e. The first-order valence-corrected chi connectivity index (χ1v) is 11.7. The zero-order valence-corrected chi connectivity index (χ0v) is 20.0. The highest BCUT2D eigenvalue weighted by Gasteiger charge is 2.36. The number of benzene rings is 1. The van der Waals surface area contributed by atoms with E-state index in [0.717, 1.165) is 11.1 Å². The van der Waals surface area contributed by atoms with Crippen molar-refractivity contribution in [2.75, 3.05) is 13.1 Å². The Bertz CT molecular complexity index is 838. The van der Waals surface area contributed by atoms with Crippen LogP contribution in [0.1, 0.15) is 65.0 Å². The van der Waals surface area contributed by atoms with E-state index in [4.69, 9.17) is 4.74 Å². The van der Waals surface area contributed by atoms with Gasteiger partial charge in [-0.25, -0.2) is 4.79 Å². The first kappa shape index (κ1) is 24.1. The number of nitrogens with zero attached hydrogens (tertiary/aromatic N) is 2. The highest BCUT2D eigenvalue weighted by atomic mass is 16.6. The van der Waals surface area contributed by atoms with Crippen LogP contribution in [0.5, 0.6) is 0 Å². The highest BCUT2D eigenvalue weighted by molar-refractivity contribution is 5.88. The Hall–Kier alpha value is -2.57. The van der Waals surface area contributed by atoms with Crippen LogP contribution in [0.3, 0.4) is 0 Å². The normalized spacial score (nSPS) is 19.5. The molecule has 2 heterocycles. The molecule has 0 spiro atoms. The molecule has 7 nitrogen and oxygen atoms in total. The summed E-state index contributed by atoms with van der Waals surface area (Å²) in [7, 11) is 0. The van der Waals surface area contributed by atoms with Crippen LogP contribution in [-0.4, -0.2) is 58.5 Å². The van der Waals surface area contributed by atoms with Gasteiger partial charge in [0.05, 0.1) is 0 Å². The summed E-state index contributed by atoms with van der Waals surface area (Å²) in [5.74, 6) is 0.155. The lowest BCUT2D eigenvalue weighted by atomic mass is 9.92. The molecule has 2 aliphatic heterocycles. The van der Waals surface area contributed by atoms with Gasteiger partial charge >= 0.3 is 6.09 Å². The van der Waals surface area contributed by atoms with E-state index in [-0.39, 0.29) is 29.9 Å². The monoisotopic (exact) mass is 443 g/mol. The van der Waals surface area contributed by atoms with Crippen LogP contribution in [0, 0.1) is 5.92 Å². The summed E-state index contributed by atoms with van der Waals surface area (Å²) >= 11 is 0. The van der Waals surface area contributed by atoms with Crippen molar-refractivity contribution in [2.45, 2.75) is 84.5 Å². The Morgan fingerprint density at radius 1 is 1.09 bits per heavy atom. The Morgan fingerprint density at radius 2 is 1.72 bits per heavy atom. The van der Waals surface area contributed by atoms with Crippen molar-refractivity contribution in [1.82, 2.24) is 15.1 Å². The van der Waals surface area contributed by atoms with Crippen LogP contribution in [0.2, 0.25) is 0 Å². The molecular formula is C25H37N3O4. The van der Waals surface area contributed by atoms with E-state index in [1.54, 1.807) is 9.80 Å². The summed E-state index contributed by atoms with van der Waals surface area (Å²) < 4.78 is 5.45. The molecule has 1 fully saturated rings. The first-order chi connectivity index (χ1) is 15.0. The molecule has 176 valence electrons. The number of piperidine rings is 1. The first-order valence-electron chi connectivity index (χ1n) is 11.7. The minimum atomic E-state index is -0.522. The number of carbonyl (C=O) groups is 3. The van der Waals surface area contributed by atoms with E-state index >= 15 is 0 Å². The SMILES string of the molecule is CC(C)CC(=O)N1Cc2ccccc2CC1C(=O)NC1CCN(C(=O)OC(C)(C)C)CC1. The molecule has 1 saturated heterocycles. The lowest BCUT2D eigenvalue weighted by Crippen LogP contribution is -2.56. The van der Waals surface area contributed by atoms with Crippen molar-refractivity contribution in [3.8, 4) is 0 Å². The summed E-state index contributed by atoms with van der Waals surface area (Å²) in [6.45, 7) is 11.2. The Morgan fingerprint density at radius 3 is 2.31 bits per heavy atom. The predicted molar refractivity (Wildman–Crippen MR) is 123 cm³/mol. The lowest BCUT2D eigenvalue weighted by Gasteiger charge is -2.38. The standard InChI is InChI=1S/C25H37N3O4/c1-17(2)14-22(29)28-16-19-9-7-6-8-18(19)15-21(28)23(30)26-20-10-12-27(13-11-20)24(31)32-25(3,4)5/h6-9,17,20-21H,10-16H2,1-5H3,(H,26,30). The van der Waals surface area contributed by atoms with Crippen molar-refractivity contribution >= 4 is 17.9 Å². The summed E-state index contributed by atoms with van der Waals surface area (Å²) in [6.07, 6.45) is 2.00. The lowest BCUT2D eigenvalue weighted by molar-refractivity contribution is -0.142. The van der Waals surface area contributed by atoms with Crippen molar-refractivity contribution in [2.24, 2.45) is 5.92 Å². The minimum Gasteiger partial charge on any atom is -0.444 e. The number of ether oxygens (including phenoxy) is 1. The Labute approximate surface area is 191 Å². The van der Waals surface area contributed by atoms with Gasteiger partial charge in [-0.2, -0.15) is 0 Å². The van der Waals surface area contributed by atoms with Crippen LogP contribution < -0.4 is 5.32 Å². The van der Waals surface area contributed by atoms with Gasteiger partial charge in [-0.15, -0.1) is 0 Å². The molecule has 3 rings (SSSR count). The molecule has 0 aromatic heterocycles. The molecule has 1 aromatic carbocycles. The van der Waals surface area contributed by atoms with Gasteiger partial charge in [0.15, 0.2) is 0 Å². The molecule has 2 aliphatic rings. The predicted octanol–water partition coefficient (Wildman–Crippen LogP) is 3.50. The number of carbonyl (C=O) groups excluding carboxylic acids is 3. The maximum atomic E-state index is 13.3. The third kappa shape index (κ3) is 6.24. The molecule has 1 aromatic rings. The average Bonchev–Trinajstić information content (AvgIpc) is 2.71. The van der Waals surface area contributed by atoms with E-state index in [2.05, 4.69) is 5.32 Å². The van der Waals surface area contributed by atoms with Crippen molar-refractivity contribution in [3.05, 3.63) is 35.4 Å². The molecule has 32 heavy (non-hydrogen) atoms. The minimum absolute atomic E-state index is 0.0135. The number of likely N-dealkylation sites (tertiary alicyclic amines) is 1. The number of amides is 3. The van der Waals surface area contributed by atoms with E-state index in [1.165, 1.54) is 0 Å². The van der Waals surface area contributed by atoms with E-state index in [1.807, 2.05) is 58.9 Å². The zero-order chi connectivity index (χ0) is 23.5. The summed E-state index contributed by atoms with van der Waals surface area (Å²) in [6, 6.07) is 7.51. The molecule has 1 atom stereocenters. The fourth-order valence-corrected chi connectivity index (χ4v) is 4.32. The van der Waals surface area contributed by atoms with Gasteiger partial charge in [0.1, 0.15) is 11.6 Å². The molecule has 0 aliphatic carbocycles. The fraction of sp³-hybridized carbons (Fsp3) is 0.640. The molecule has 7 heteroatoms. The zero-order valence-electron chi connectivity index (χ0n) is 20.0. The third-order valence-electron chi connectivity index (χ3n) is 5.95. The Kier molecular flexibility index (Phi) is 7.47. The summed E-state index contributed by atoms with van der Waals surface area (Å²) in [5.41, 5.74) is 1.71. The van der Waals surface area contributed by atoms with Crippen molar-refractivity contribution in [3.63, 3.8) is 0 Å². The fourth-order valence-electron chi connectivity index (χ4n) is 4.32. The molecular weight excluding hydrogens is 406 g/mol. The van der Waals surface area contributed by atoms with Crippen molar-refractivity contribution < 1.29 is 19.1 Å². The van der Waals surface area contributed by atoms with E-state index in [0.29, 0.717) is 45.3 Å². The molecule has 1 unspecified atom stereocenters. The van der Waals surface area contributed by atoms with Crippen LogP contribution in [0.15, 0.2) is 24.3 Å².